The van der Waals surface area contributed by atoms with Crippen molar-refractivity contribution in [1.82, 2.24) is 0 Å². The molecular formula is C16H14O5. The Morgan fingerprint density at radius 1 is 1.19 bits per heavy atom. The molecule has 1 aliphatic heterocycles. The summed E-state index contributed by atoms with van der Waals surface area (Å²) in [6.45, 7) is 0. The fraction of sp³-hybridized carbons (Fsp3) is 0.188. The summed E-state index contributed by atoms with van der Waals surface area (Å²) in [5, 5.41) is 19.8. The molecule has 2 aromatic rings. The number of ether oxygens (including phenoxy) is 2. The molecule has 0 bridgehead atoms. The molecule has 0 amide bonds. The number of rotatable bonds is 2. The van der Waals surface area contributed by atoms with Crippen LogP contribution in [0.15, 0.2) is 36.4 Å². The molecule has 108 valence electrons. The topological polar surface area (TPSA) is 76.0 Å². The first kappa shape index (κ1) is 13.3. The van der Waals surface area contributed by atoms with Crippen molar-refractivity contribution in [2.45, 2.75) is 12.5 Å². The van der Waals surface area contributed by atoms with E-state index in [1.807, 2.05) is 0 Å². The molecule has 0 fully saturated rings. The molecule has 1 aliphatic rings. The minimum atomic E-state index is -0.585. The van der Waals surface area contributed by atoms with E-state index in [1.165, 1.54) is 13.2 Å². The number of hydrogen-bond acceptors (Lipinski definition) is 5. The van der Waals surface area contributed by atoms with Crippen molar-refractivity contribution in [3.63, 3.8) is 0 Å². The van der Waals surface area contributed by atoms with Crippen LogP contribution >= 0.6 is 0 Å². The second-order valence-corrected chi connectivity index (χ2v) is 4.81. The van der Waals surface area contributed by atoms with Crippen molar-refractivity contribution < 1.29 is 24.5 Å². The summed E-state index contributed by atoms with van der Waals surface area (Å²) in [6.07, 6.45) is -0.525. The Balaban J connectivity index is 2.04. The maximum atomic E-state index is 12.2. The number of carbonyl (C=O) groups is 1. The predicted molar refractivity (Wildman–Crippen MR) is 75.1 cm³/mol. The van der Waals surface area contributed by atoms with Gasteiger partial charge in [0.1, 0.15) is 34.7 Å². The number of hydrogen-bond donors (Lipinski definition) is 2. The third-order valence-corrected chi connectivity index (χ3v) is 3.49. The van der Waals surface area contributed by atoms with E-state index in [-0.39, 0.29) is 35.0 Å². The lowest BCUT2D eigenvalue weighted by Gasteiger charge is -2.26. The van der Waals surface area contributed by atoms with Gasteiger partial charge in [-0.05, 0) is 6.07 Å². The number of ketones is 1. The van der Waals surface area contributed by atoms with Crippen molar-refractivity contribution in [3.05, 3.63) is 47.5 Å². The first-order chi connectivity index (χ1) is 10.1. The highest BCUT2D eigenvalue weighted by atomic mass is 16.5. The van der Waals surface area contributed by atoms with E-state index < -0.39 is 6.10 Å². The second-order valence-electron chi connectivity index (χ2n) is 4.81. The van der Waals surface area contributed by atoms with E-state index in [1.54, 1.807) is 30.3 Å². The zero-order valence-electron chi connectivity index (χ0n) is 11.4. The maximum Gasteiger partial charge on any atom is 0.174 e. The molecule has 0 unspecified atom stereocenters. The van der Waals surface area contributed by atoms with E-state index in [9.17, 15) is 15.0 Å². The lowest BCUT2D eigenvalue weighted by atomic mass is 9.95. The first-order valence-electron chi connectivity index (χ1n) is 6.49. The van der Waals surface area contributed by atoms with Crippen molar-refractivity contribution >= 4 is 5.78 Å². The highest BCUT2D eigenvalue weighted by Crippen LogP contribution is 2.43. The van der Waals surface area contributed by atoms with Crippen molar-refractivity contribution in [2.24, 2.45) is 0 Å². The molecule has 0 radical (unpaired) electrons. The molecule has 0 saturated carbocycles. The monoisotopic (exact) mass is 286 g/mol. The molecule has 0 aliphatic carbocycles. The Hall–Kier alpha value is -2.69. The number of Topliss-reactive ketones (excluding diaryl/α,β-unsaturated/α-hetero) is 1. The number of para-hydroxylation sites is 1. The van der Waals surface area contributed by atoms with E-state index in [2.05, 4.69) is 0 Å². The summed E-state index contributed by atoms with van der Waals surface area (Å²) in [7, 11) is 1.46. The van der Waals surface area contributed by atoms with E-state index >= 15 is 0 Å². The summed E-state index contributed by atoms with van der Waals surface area (Å²) in [5.74, 6) is 0.342. The van der Waals surface area contributed by atoms with Gasteiger partial charge in [-0.3, -0.25) is 4.79 Å². The van der Waals surface area contributed by atoms with Gasteiger partial charge in [0.25, 0.3) is 0 Å². The molecular weight excluding hydrogens is 272 g/mol. The number of methoxy groups -OCH3 is 1. The highest BCUT2D eigenvalue weighted by molar-refractivity contribution is 6.02. The number of phenols is 2. The van der Waals surface area contributed by atoms with Crippen LogP contribution in [0.25, 0.3) is 0 Å². The number of benzene rings is 2. The van der Waals surface area contributed by atoms with Gasteiger partial charge in [0.2, 0.25) is 0 Å². The maximum absolute atomic E-state index is 12.2. The third-order valence-electron chi connectivity index (χ3n) is 3.49. The van der Waals surface area contributed by atoms with Crippen LogP contribution in [0, 0.1) is 0 Å². The lowest BCUT2D eigenvalue weighted by Crippen LogP contribution is -2.20. The summed E-state index contributed by atoms with van der Waals surface area (Å²) < 4.78 is 10.8. The average Bonchev–Trinajstić information content (AvgIpc) is 2.46. The molecule has 0 saturated heterocycles. The standard InChI is InChI=1S/C16H14O5/c1-20-9-6-12(18)16-13(19)8-14(21-15(16)7-9)10-4-2-3-5-11(10)17/h2-7,14,17-18H,8H2,1H3/t14-/m1/s1. The summed E-state index contributed by atoms with van der Waals surface area (Å²) in [6, 6.07) is 9.65. The van der Waals surface area contributed by atoms with Crippen LogP contribution in [0.4, 0.5) is 0 Å². The van der Waals surface area contributed by atoms with Gasteiger partial charge < -0.3 is 19.7 Å². The van der Waals surface area contributed by atoms with Gasteiger partial charge in [-0.15, -0.1) is 0 Å². The molecule has 2 aromatic carbocycles. The molecule has 21 heavy (non-hydrogen) atoms. The van der Waals surface area contributed by atoms with E-state index in [0.717, 1.165) is 0 Å². The van der Waals surface area contributed by atoms with Crippen molar-refractivity contribution in [3.8, 4) is 23.0 Å². The van der Waals surface area contributed by atoms with Gasteiger partial charge >= 0.3 is 0 Å². The van der Waals surface area contributed by atoms with E-state index in [0.29, 0.717) is 11.3 Å². The van der Waals surface area contributed by atoms with Gasteiger partial charge in [-0.25, -0.2) is 0 Å². The first-order valence-corrected chi connectivity index (χ1v) is 6.49. The quantitative estimate of drug-likeness (QED) is 0.887. The minimum absolute atomic E-state index is 0.0600. The minimum Gasteiger partial charge on any atom is -0.508 e. The molecule has 1 atom stereocenters. The highest BCUT2D eigenvalue weighted by Gasteiger charge is 2.31. The van der Waals surface area contributed by atoms with Crippen LogP contribution in [0.1, 0.15) is 28.4 Å². The Morgan fingerprint density at radius 2 is 1.95 bits per heavy atom. The molecule has 0 aromatic heterocycles. The predicted octanol–water partition coefficient (Wildman–Crippen LogP) is 2.81. The van der Waals surface area contributed by atoms with Crippen LogP contribution in [-0.4, -0.2) is 23.1 Å². The zero-order valence-corrected chi connectivity index (χ0v) is 11.4. The van der Waals surface area contributed by atoms with Gasteiger partial charge in [0, 0.05) is 17.7 Å². The zero-order chi connectivity index (χ0) is 15.0. The second kappa shape index (κ2) is 5.01. The summed E-state index contributed by atoms with van der Waals surface area (Å²) in [5.41, 5.74) is 0.696. The molecule has 1 heterocycles. The number of phenolic OH excluding ortho intramolecular Hbond substituents is 2. The van der Waals surface area contributed by atoms with Gasteiger partial charge in [-0.2, -0.15) is 0 Å². The van der Waals surface area contributed by atoms with Crippen LogP contribution in [-0.2, 0) is 0 Å². The van der Waals surface area contributed by atoms with Crippen molar-refractivity contribution in [2.75, 3.05) is 7.11 Å². The summed E-state index contributed by atoms with van der Waals surface area (Å²) >= 11 is 0. The van der Waals surface area contributed by atoms with E-state index in [4.69, 9.17) is 9.47 Å². The van der Waals surface area contributed by atoms with Gasteiger partial charge in [-0.1, -0.05) is 18.2 Å². The fourth-order valence-electron chi connectivity index (χ4n) is 2.47. The normalized spacial score (nSPS) is 17.0. The molecule has 2 N–H and O–H groups in total. The van der Waals surface area contributed by atoms with Crippen LogP contribution < -0.4 is 9.47 Å². The van der Waals surface area contributed by atoms with Crippen LogP contribution in [0.3, 0.4) is 0 Å². The Bertz CT molecular complexity index is 708. The van der Waals surface area contributed by atoms with Crippen molar-refractivity contribution in [1.29, 1.82) is 0 Å². The molecule has 5 heteroatoms. The smallest absolute Gasteiger partial charge is 0.174 e. The molecule has 3 rings (SSSR count). The Kier molecular flexibility index (Phi) is 3.17. The van der Waals surface area contributed by atoms with Gasteiger partial charge in [0.05, 0.1) is 13.5 Å². The third kappa shape index (κ3) is 2.27. The Morgan fingerprint density at radius 3 is 2.67 bits per heavy atom. The SMILES string of the molecule is COc1cc(O)c2c(c1)O[C@@H](c1ccccc1O)CC2=O. The molecule has 5 nitrogen and oxygen atoms in total. The fourth-order valence-corrected chi connectivity index (χ4v) is 2.47. The van der Waals surface area contributed by atoms with Gasteiger partial charge in [0.15, 0.2) is 5.78 Å². The Labute approximate surface area is 121 Å². The van der Waals surface area contributed by atoms with Crippen LogP contribution in [0.2, 0.25) is 0 Å². The average molecular weight is 286 g/mol. The number of carbonyl (C=O) groups excluding carboxylic acids is 1. The lowest BCUT2D eigenvalue weighted by molar-refractivity contribution is 0.0842. The number of aromatic hydroxyl groups is 2. The number of fused-ring (bicyclic) bond motifs is 1. The summed E-state index contributed by atoms with van der Waals surface area (Å²) in [4.78, 5) is 12.2. The van der Waals surface area contributed by atoms with Crippen LogP contribution in [0.5, 0.6) is 23.0 Å². The molecule has 0 spiro atoms. The largest absolute Gasteiger partial charge is 0.508 e.